The van der Waals surface area contributed by atoms with E-state index < -0.39 is 0 Å². The van der Waals surface area contributed by atoms with E-state index in [1.165, 1.54) is 11.8 Å². The number of halogens is 1. The van der Waals surface area contributed by atoms with Gasteiger partial charge in [-0.3, -0.25) is 21.1 Å². The Morgan fingerprint density at radius 3 is 2.67 bits per heavy atom. The third-order valence-corrected chi connectivity index (χ3v) is 0.959. The third-order valence-electron chi connectivity index (χ3n) is 0.449. The Labute approximate surface area is 74.7 Å². The highest BCUT2D eigenvalue weighted by Gasteiger charge is 1.84. The fourth-order valence-electron chi connectivity index (χ4n) is 0.146. The number of hydrogen-bond acceptors (Lipinski definition) is 3. The zero-order valence-electron chi connectivity index (χ0n) is 4.80. The maximum Gasteiger partial charge on any atom is 0.225 e. The van der Waals surface area contributed by atoms with Crippen LogP contribution in [0.15, 0.2) is 0 Å². The molecule has 0 aromatic rings. The molecule has 6 heteroatoms. The van der Waals surface area contributed by atoms with E-state index in [1.807, 2.05) is 0 Å². The van der Waals surface area contributed by atoms with Crippen LogP contribution in [0.4, 0.5) is 0 Å². The van der Waals surface area contributed by atoms with Gasteiger partial charge in [-0.05, 0) is 6.26 Å². The smallest absolute Gasteiger partial charge is 0.225 e. The molecule has 0 fully saturated rings. The minimum Gasteiger partial charge on any atom is -0.277 e. The highest BCUT2D eigenvalue weighted by molar-refractivity contribution is 14.0. The van der Waals surface area contributed by atoms with Crippen molar-refractivity contribution in [3.8, 4) is 0 Å². The molecule has 3 N–H and O–H groups in total. The molecule has 0 aliphatic rings. The standard InChI is InChI=1S/C3H7N3OS.HI/c1-8-3(4)6-5-2-7;/h2H,1H3,(H2,4,6)(H,5,7);1H. The Morgan fingerprint density at radius 1 is 1.78 bits per heavy atom. The summed E-state index contributed by atoms with van der Waals surface area (Å²) in [6, 6.07) is 0. The van der Waals surface area contributed by atoms with Gasteiger partial charge in [0.25, 0.3) is 0 Å². The number of nitrogens with one attached hydrogen (secondary N) is 3. The summed E-state index contributed by atoms with van der Waals surface area (Å²) >= 11 is 1.22. The molecule has 0 radical (unpaired) electrons. The molecule has 0 unspecified atom stereocenters. The zero-order valence-corrected chi connectivity index (χ0v) is 7.95. The fourth-order valence-corrected chi connectivity index (χ4v) is 0.307. The van der Waals surface area contributed by atoms with Gasteiger partial charge < -0.3 is 0 Å². The normalized spacial score (nSPS) is 6.78. The third kappa shape index (κ3) is 8.02. The molecule has 0 saturated carbocycles. The van der Waals surface area contributed by atoms with E-state index in [1.54, 1.807) is 6.26 Å². The van der Waals surface area contributed by atoms with Crippen LogP contribution in [0.1, 0.15) is 0 Å². The Kier molecular flexibility index (Phi) is 10.5. The van der Waals surface area contributed by atoms with Crippen LogP contribution in [-0.2, 0) is 4.79 Å². The first kappa shape index (κ1) is 11.8. The molecule has 0 rings (SSSR count). The Hall–Kier alpha value is 0.0200. The number of thioether (sulfide) groups is 1. The maximum absolute atomic E-state index is 9.55. The monoisotopic (exact) mass is 261 g/mol. The number of hydrogen-bond donors (Lipinski definition) is 3. The second kappa shape index (κ2) is 8.02. The molecule has 0 aromatic carbocycles. The predicted molar refractivity (Wildman–Crippen MR) is 49.0 cm³/mol. The molecular formula is C3H8IN3OS. The number of carbonyl (C=O) groups is 1. The molecule has 0 saturated heterocycles. The van der Waals surface area contributed by atoms with Gasteiger partial charge in [-0.1, -0.05) is 11.8 Å². The van der Waals surface area contributed by atoms with Crippen molar-refractivity contribution in [1.29, 1.82) is 5.41 Å². The number of carbonyl (C=O) groups excluding carboxylic acids is 1. The number of amidine groups is 1. The summed E-state index contributed by atoms with van der Waals surface area (Å²) in [7, 11) is 0. The van der Waals surface area contributed by atoms with Crippen LogP contribution in [0.2, 0.25) is 0 Å². The van der Waals surface area contributed by atoms with E-state index >= 15 is 0 Å². The second-order valence-corrected chi connectivity index (χ2v) is 1.74. The van der Waals surface area contributed by atoms with E-state index in [0.717, 1.165) is 0 Å². The average molecular weight is 261 g/mol. The molecule has 0 heterocycles. The van der Waals surface area contributed by atoms with Crippen molar-refractivity contribution in [1.82, 2.24) is 10.9 Å². The molecule has 4 nitrogen and oxygen atoms in total. The van der Waals surface area contributed by atoms with Gasteiger partial charge in [0, 0.05) is 0 Å². The minimum absolute atomic E-state index is 0. The number of rotatable bonds is 2. The first-order valence-electron chi connectivity index (χ1n) is 1.89. The quantitative estimate of drug-likeness (QED) is 0.218. The molecule has 54 valence electrons. The molecule has 0 spiro atoms. The van der Waals surface area contributed by atoms with E-state index in [2.05, 4.69) is 10.9 Å². The average Bonchev–Trinajstić information content (AvgIpc) is 1.83. The van der Waals surface area contributed by atoms with Crippen molar-refractivity contribution in [2.45, 2.75) is 0 Å². The van der Waals surface area contributed by atoms with Gasteiger partial charge in [0.15, 0.2) is 5.17 Å². The Balaban J connectivity index is 0. The highest BCUT2D eigenvalue weighted by Crippen LogP contribution is 1.86. The van der Waals surface area contributed by atoms with Crippen molar-refractivity contribution < 1.29 is 4.79 Å². The minimum atomic E-state index is 0. The first-order valence-corrected chi connectivity index (χ1v) is 3.11. The zero-order chi connectivity index (χ0) is 6.41. The predicted octanol–water partition coefficient (Wildman–Crippen LogP) is 0.153. The molecule has 0 atom stereocenters. The summed E-state index contributed by atoms with van der Waals surface area (Å²) in [5, 5.41) is 7.09. The van der Waals surface area contributed by atoms with Crippen LogP contribution < -0.4 is 10.9 Å². The van der Waals surface area contributed by atoms with Crippen molar-refractivity contribution in [2.75, 3.05) is 6.26 Å². The fraction of sp³-hybridized carbons (Fsp3) is 0.333. The van der Waals surface area contributed by atoms with Gasteiger partial charge in [0.05, 0.1) is 0 Å². The van der Waals surface area contributed by atoms with Gasteiger partial charge in [0.1, 0.15) is 0 Å². The Bertz CT molecular complexity index is 99.1. The number of hydrazine groups is 1. The van der Waals surface area contributed by atoms with E-state index in [0.29, 0.717) is 6.41 Å². The molecule has 0 bridgehead atoms. The van der Waals surface area contributed by atoms with Crippen LogP contribution >= 0.6 is 35.7 Å². The van der Waals surface area contributed by atoms with Gasteiger partial charge >= 0.3 is 0 Å². The molecular weight excluding hydrogens is 253 g/mol. The van der Waals surface area contributed by atoms with E-state index in [4.69, 9.17) is 5.41 Å². The van der Waals surface area contributed by atoms with Crippen LogP contribution in [0.3, 0.4) is 0 Å². The molecule has 0 aromatic heterocycles. The van der Waals surface area contributed by atoms with Gasteiger partial charge in [-0.15, -0.1) is 24.0 Å². The first-order chi connectivity index (χ1) is 3.81. The lowest BCUT2D eigenvalue weighted by Crippen LogP contribution is -2.33. The van der Waals surface area contributed by atoms with Gasteiger partial charge in [-0.25, -0.2) is 0 Å². The summed E-state index contributed by atoms with van der Waals surface area (Å²) in [5.74, 6) is 0. The lowest BCUT2D eigenvalue weighted by Gasteiger charge is -1.99. The van der Waals surface area contributed by atoms with E-state index in [9.17, 15) is 4.79 Å². The lowest BCUT2D eigenvalue weighted by molar-refractivity contribution is -0.110. The summed E-state index contributed by atoms with van der Waals surface area (Å²) < 4.78 is 0. The molecule has 9 heavy (non-hydrogen) atoms. The lowest BCUT2D eigenvalue weighted by atomic mass is 11.3. The Morgan fingerprint density at radius 2 is 2.33 bits per heavy atom. The van der Waals surface area contributed by atoms with E-state index in [-0.39, 0.29) is 29.1 Å². The van der Waals surface area contributed by atoms with Crippen LogP contribution in [0.25, 0.3) is 0 Å². The highest BCUT2D eigenvalue weighted by atomic mass is 127. The largest absolute Gasteiger partial charge is 0.277 e. The van der Waals surface area contributed by atoms with Crippen LogP contribution in [0.5, 0.6) is 0 Å². The molecule has 0 aliphatic carbocycles. The van der Waals surface area contributed by atoms with Gasteiger partial charge in [-0.2, -0.15) is 0 Å². The van der Waals surface area contributed by atoms with Crippen molar-refractivity contribution in [2.24, 2.45) is 0 Å². The number of amides is 1. The maximum atomic E-state index is 9.55. The molecule has 1 amide bonds. The summed E-state index contributed by atoms with van der Waals surface area (Å²) in [6.45, 7) is 0. The second-order valence-electron chi connectivity index (χ2n) is 0.920. The topological polar surface area (TPSA) is 65.0 Å². The van der Waals surface area contributed by atoms with Crippen LogP contribution in [-0.4, -0.2) is 17.8 Å². The van der Waals surface area contributed by atoms with Crippen molar-refractivity contribution >= 4 is 47.3 Å². The summed E-state index contributed by atoms with van der Waals surface area (Å²) in [6.07, 6.45) is 2.21. The summed E-state index contributed by atoms with van der Waals surface area (Å²) in [5.41, 5.74) is 4.43. The molecule has 0 aliphatic heterocycles. The van der Waals surface area contributed by atoms with Crippen LogP contribution in [0, 0.1) is 5.41 Å². The SMILES string of the molecule is CSC(=N)NNC=O.I. The summed E-state index contributed by atoms with van der Waals surface area (Å²) in [4.78, 5) is 9.55. The van der Waals surface area contributed by atoms with Gasteiger partial charge in [0.2, 0.25) is 6.41 Å². The van der Waals surface area contributed by atoms with Crippen molar-refractivity contribution in [3.63, 3.8) is 0 Å². The van der Waals surface area contributed by atoms with Crippen molar-refractivity contribution in [3.05, 3.63) is 0 Å².